The fourth-order valence-corrected chi connectivity index (χ4v) is 2.79. The number of aryl methyl sites for hydroxylation is 1. The Bertz CT molecular complexity index is 803. The van der Waals surface area contributed by atoms with E-state index in [9.17, 15) is 4.79 Å². The molecule has 0 heterocycles. The molecular weight excluding hydrogens is 342 g/mol. The number of hydrogen-bond donors (Lipinski definition) is 2. The van der Waals surface area contributed by atoms with Crippen molar-refractivity contribution in [3.05, 3.63) is 64.7 Å². The van der Waals surface area contributed by atoms with Gasteiger partial charge in [0.25, 0.3) is 0 Å². The molecule has 0 radical (unpaired) electrons. The number of guanidine groups is 1. The molecule has 27 heavy (non-hydrogen) atoms. The van der Waals surface area contributed by atoms with Gasteiger partial charge in [0.15, 0.2) is 5.96 Å². The summed E-state index contributed by atoms with van der Waals surface area (Å²) in [6.45, 7) is 3.36. The lowest BCUT2D eigenvalue weighted by molar-refractivity contribution is 0.0597. The lowest BCUT2D eigenvalue weighted by Gasteiger charge is -2.14. The maximum absolute atomic E-state index is 11.9. The second kappa shape index (κ2) is 10.2. The molecule has 0 aliphatic heterocycles. The van der Waals surface area contributed by atoms with E-state index in [1.165, 1.54) is 25.3 Å². The van der Waals surface area contributed by atoms with Gasteiger partial charge < -0.3 is 20.1 Å². The summed E-state index contributed by atoms with van der Waals surface area (Å²) in [5, 5.41) is 6.59. The van der Waals surface area contributed by atoms with Gasteiger partial charge in [-0.1, -0.05) is 37.3 Å². The molecule has 6 heteroatoms. The number of esters is 1. The van der Waals surface area contributed by atoms with Crippen molar-refractivity contribution in [1.29, 1.82) is 0 Å². The third kappa shape index (κ3) is 5.48. The maximum atomic E-state index is 11.9. The maximum Gasteiger partial charge on any atom is 0.341 e. The number of benzene rings is 2. The molecular formula is C21H27N3O3. The summed E-state index contributed by atoms with van der Waals surface area (Å²) in [6.07, 6.45) is 0.992. The Hall–Kier alpha value is -3.02. The van der Waals surface area contributed by atoms with Crippen LogP contribution in [0.3, 0.4) is 0 Å². The lowest BCUT2D eigenvalue weighted by atomic mass is 10.1. The van der Waals surface area contributed by atoms with E-state index in [2.05, 4.69) is 40.7 Å². The standard InChI is InChI=1S/C21H27N3O3/c1-5-16-8-6-7-9-17(16)14-24-21(22-2)23-13-15-10-11-19(26-3)18(12-15)20(25)27-4/h6-12H,5,13-14H2,1-4H3,(H2,22,23,24). The quantitative estimate of drug-likeness (QED) is 0.446. The van der Waals surface area contributed by atoms with Crippen molar-refractivity contribution in [1.82, 2.24) is 10.6 Å². The second-order valence-corrected chi connectivity index (χ2v) is 5.93. The molecule has 0 aliphatic rings. The van der Waals surface area contributed by atoms with Gasteiger partial charge in [-0.05, 0) is 35.2 Å². The highest BCUT2D eigenvalue weighted by Crippen LogP contribution is 2.20. The third-order valence-electron chi connectivity index (χ3n) is 4.30. The van der Waals surface area contributed by atoms with Crippen LogP contribution in [0.25, 0.3) is 0 Å². The van der Waals surface area contributed by atoms with Crippen molar-refractivity contribution >= 4 is 11.9 Å². The molecule has 0 bridgehead atoms. The van der Waals surface area contributed by atoms with Crippen LogP contribution in [0.4, 0.5) is 0 Å². The number of methoxy groups -OCH3 is 2. The highest BCUT2D eigenvalue weighted by atomic mass is 16.5. The van der Waals surface area contributed by atoms with Crippen molar-refractivity contribution in [2.75, 3.05) is 21.3 Å². The molecule has 2 rings (SSSR count). The minimum atomic E-state index is -0.424. The zero-order valence-corrected chi connectivity index (χ0v) is 16.3. The topological polar surface area (TPSA) is 72.0 Å². The Balaban J connectivity index is 2.00. The number of rotatable bonds is 7. The van der Waals surface area contributed by atoms with E-state index in [0.29, 0.717) is 30.4 Å². The normalized spacial score (nSPS) is 11.0. The summed E-state index contributed by atoms with van der Waals surface area (Å²) in [4.78, 5) is 16.2. The number of nitrogens with zero attached hydrogens (tertiary/aromatic N) is 1. The molecule has 2 aromatic carbocycles. The Morgan fingerprint density at radius 2 is 1.74 bits per heavy atom. The van der Waals surface area contributed by atoms with Crippen LogP contribution in [0.15, 0.2) is 47.5 Å². The van der Waals surface area contributed by atoms with E-state index >= 15 is 0 Å². The van der Waals surface area contributed by atoms with Gasteiger partial charge in [0, 0.05) is 20.1 Å². The van der Waals surface area contributed by atoms with Crippen molar-refractivity contribution in [3.8, 4) is 5.75 Å². The highest BCUT2D eigenvalue weighted by molar-refractivity contribution is 5.92. The predicted octanol–water partition coefficient (Wildman–Crippen LogP) is 2.91. The second-order valence-electron chi connectivity index (χ2n) is 5.93. The largest absolute Gasteiger partial charge is 0.496 e. The average molecular weight is 369 g/mol. The van der Waals surface area contributed by atoms with Gasteiger partial charge in [-0.3, -0.25) is 4.99 Å². The summed E-state index contributed by atoms with van der Waals surface area (Å²) in [5.74, 6) is 0.757. The smallest absolute Gasteiger partial charge is 0.341 e. The molecule has 0 aliphatic carbocycles. The first-order valence-electron chi connectivity index (χ1n) is 8.89. The van der Waals surface area contributed by atoms with Gasteiger partial charge in [0.05, 0.1) is 14.2 Å². The third-order valence-corrected chi connectivity index (χ3v) is 4.30. The number of carbonyl (C=O) groups is 1. The molecule has 0 amide bonds. The highest BCUT2D eigenvalue weighted by Gasteiger charge is 2.13. The van der Waals surface area contributed by atoms with Crippen LogP contribution in [-0.4, -0.2) is 33.2 Å². The van der Waals surface area contributed by atoms with Gasteiger partial charge in [-0.15, -0.1) is 0 Å². The van der Waals surface area contributed by atoms with Crippen LogP contribution in [0.5, 0.6) is 5.75 Å². The van der Waals surface area contributed by atoms with E-state index in [1.807, 2.05) is 12.1 Å². The number of carbonyl (C=O) groups excluding carboxylic acids is 1. The van der Waals surface area contributed by atoms with E-state index in [0.717, 1.165) is 12.0 Å². The van der Waals surface area contributed by atoms with Crippen LogP contribution in [0, 0.1) is 0 Å². The Morgan fingerprint density at radius 1 is 1.04 bits per heavy atom. The summed E-state index contributed by atoms with van der Waals surface area (Å²) < 4.78 is 10.0. The van der Waals surface area contributed by atoms with E-state index in [-0.39, 0.29) is 0 Å². The Kier molecular flexibility index (Phi) is 7.67. The molecule has 0 saturated heterocycles. The Labute approximate surface area is 160 Å². The molecule has 144 valence electrons. The van der Waals surface area contributed by atoms with E-state index < -0.39 is 5.97 Å². The van der Waals surface area contributed by atoms with Gasteiger partial charge in [0.1, 0.15) is 11.3 Å². The molecule has 2 N–H and O–H groups in total. The number of aliphatic imine (C=N–C) groups is 1. The van der Waals surface area contributed by atoms with Gasteiger partial charge in [0.2, 0.25) is 0 Å². The van der Waals surface area contributed by atoms with Gasteiger partial charge >= 0.3 is 5.97 Å². The number of hydrogen-bond acceptors (Lipinski definition) is 4. The van der Waals surface area contributed by atoms with Crippen LogP contribution >= 0.6 is 0 Å². The monoisotopic (exact) mass is 369 g/mol. The predicted molar refractivity (Wildman–Crippen MR) is 107 cm³/mol. The SMILES string of the molecule is CCc1ccccc1CNC(=NC)NCc1ccc(OC)c(C(=O)OC)c1. The van der Waals surface area contributed by atoms with Crippen molar-refractivity contribution in [2.45, 2.75) is 26.4 Å². The molecule has 0 aromatic heterocycles. The van der Waals surface area contributed by atoms with Crippen LogP contribution in [0.1, 0.15) is 34.0 Å². The van der Waals surface area contributed by atoms with Crippen molar-refractivity contribution < 1.29 is 14.3 Å². The Morgan fingerprint density at radius 3 is 2.37 bits per heavy atom. The minimum Gasteiger partial charge on any atom is -0.496 e. The summed E-state index contributed by atoms with van der Waals surface area (Å²) >= 11 is 0. The lowest BCUT2D eigenvalue weighted by Crippen LogP contribution is -2.36. The minimum absolute atomic E-state index is 0.402. The van der Waals surface area contributed by atoms with E-state index in [4.69, 9.17) is 9.47 Å². The van der Waals surface area contributed by atoms with Gasteiger partial charge in [-0.25, -0.2) is 4.79 Å². The molecule has 0 saturated carbocycles. The molecule has 2 aromatic rings. The van der Waals surface area contributed by atoms with E-state index in [1.54, 1.807) is 19.2 Å². The van der Waals surface area contributed by atoms with Crippen LogP contribution in [-0.2, 0) is 24.2 Å². The molecule has 0 unspecified atom stereocenters. The zero-order valence-electron chi connectivity index (χ0n) is 16.3. The zero-order chi connectivity index (χ0) is 19.6. The fourth-order valence-electron chi connectivity index (χ4n) is 2.79. The van der Waals surface area contributed by atoms with Crippen molar-refractivity contribution in [2.24, 2.45) is 4.99 Å². The summed E-state index contributed by atoms with van der Waals surface area (Å²) in [6, 6.07) is 13.8. The molecule has 0 atom stereocenters. The van der Waals surface area contributed by atoms with Gasteiger partial charge in [-0.2, -0.15) is 0 Å². The summed E-state index contributed by atoms with van der Waals surface area (Å²) in [7, 11) is 4.61. The fraction of sp³-hybridized carbons (Fsp3) is 0.333. The average Bonchev–Trinajstić information content (AvgIpc) is 2.73. The number of nitrogens with one attached hydrogen (secondary N) is 2. The molecule has 6 nitrogen and oxygen atoms in total. The molecule has 0 fully saturated rings. The van der Waals surface area contributed by atoms with Crippen molar-refractivity contribution in [3.63, 3.8) is 0 Å². The first kappa shape index (κ1) is 20.3. The summed E-state index contributed by atoms with van der Waals surface area (Å²) in [5.41, 5.74) is 3.89. The first-order valence-corrected chi connectivity index (χ1v) is 8.89. The van der Waals surface area contributed by atoms with Crippen LogP contribution in [0.2, 0.25) is 0 Å². The number of ether oxygens (including phenoxy) is 2. The van der Waals surface area contributed by atoms with Crippen LogP contribution < -0.4 is 15.4 Å². The molecule has 0 spiro atoms. The first-order chi connectivity index (χ1) is 13.1.